The van der Waals surface area contributed by atoms with Crippen LogP contribution in [-0.4, -0.2) is 32.3 Å². The van der Waals surface area contributed by atoms with Crippen molar-refractivity contribution in [1.82, 2.24) is 5.32 Å². The van der Waals surface area contributed by atoms with Crippen molar-refractivity contribution in [1.29, 1.82) is 0 Å². The largest absolute Gasteiger partial charge is 0.379 e. The Morgan fingerprint density at radius 2 is 2.14 bits per heavy atom. The monoisotopic (exact) mass is 308 g/mol. The first-order valence-electron chi connectivity index (χ1n) is 7.97. The van der Waals surface area contributed by atoms with Gasteiger partial charge >= 0.3 is 0 Å². The van der Waals surface area contributed by atoms with Gasteiger partial charge in [-0.1, -0.05) is 30.7 Å². The van der Waals surface area contributed by atoms with Crippen LogP contribution in [-0.2, 0) is 11.3 Å². The molecule has 0 spiro atoms. The normalized spacial score (nSPS) is 26.1. The molecule has 1 aromatic carbocycles. The second-order valence-electron chi connectivity index (χ2n) is 6.39. The van der Waals surface area contributed by atoms with Gasteiger partial charge in [-0.2, -0.15) is 0 Å². The van der Waals surface area contributed by atoms with Gasteiger partial charge in [-0.15, -0.1) is 0 Å². The Labute approximate surface area is 132 Å². The molecular weight excluding hydrogens is 284 g/mol. The highest BCUT2D eigenvalue weighted by Crippen LogP contribution is 2.34. The lowest BCUT2D eigenvalue weighted by Gasteiger charge is -2.39. The molecule has 1 aromatic rings. The van der Waals surface area contributed by atoms with Crippen LogP contribution in [0, 0.1) is 5.92 Å². The third kappa shape index (κ3) is 3.53. The summed E-state index contributed by atoms with van der Waals surface area (Å²) in [6.07, 6.45) is 4.06. The van der Waals surface area contributed by atoms with E-state index in [1.807, 2.05) is 13.2 Å². The first-order valence-corrected chi connectivity index (χ1v) is 8.35. The molecule has 0 aromatic heterocycles. The topological polar surface area (TPSA) is 24.5 Å². The van der Waals surface area contributed by atoms with Crippen LogP contribution in [0.1, 0.15) is 31.7 Å². The number of nitrogens with zero attached hydrogens (tertiary/aromatic N) is 1. The van der Waals surface area contributed by atoms with E-state index in [-0.39, 0.29) is 0 Å². The van der Waals surface area contributed by atoms with E-state index >= 15 is 0 Å². The summed E-state index contributed by atoms with van der Waals surface area (Å²) in [7, 11) is 1.81. The molecule has 0 bridgehead atoms. The summed E-state index contributed by atoms with van der Waals surface area (Å²) in [5.41, 5.74) is 2.50. The second-order valence-corrected chi connectivity index (χ2v) is 6.80. The third-order valence-corrected chi connectivity index (χ3v) is 5.04. The van der Waals surface area contributed by atoms with E-state index in [2.05, 4.69) is 29.3 Å². The number of hydrogen-bond acceptors (Lipinski definition) is 3. The number of hydrogen-bond donors (Lipinski definition) is 1. The lowest BCUT2D eigenvalue weighted by Crippen LogP contribution is -2.44. The van der Waals surface area contributed by atoms with Gasteiger partial charge in [0.05, 0.1) is 16.8 Å². The van der Waals surface area contributed by atoms with Crippen molar-refractivity contribution in [2.24, 2.45) is 5.92 Å². The summed E-state index contributed by atoms with van der Waals surface area (Å²) < 4.78 is 5.64. The maximum Gasteiger partial charge on any atom is 0.0772 e. The van der Waals surface area contributed by atoms with Crippen LogP contribution < -0.4 is 10.2 Å². The van der Waals surface area contributed by atoms with Crippen molar-refractivity contribution >= 4 is 17.3 Å². The van der Waals surface area contributed by atoms with Crippen LogP contribution in [0.4, 0.5) is 5.69 Å². The Bertz CT molecular complexity index is 490. The van der Waals surface area contributed by atoms with E-state index in [0.29, 0.717) is 18.1 Å². The van der Waals surface area contributed by atoms with E-state index in [9.17, 15) is 0 Å². The fourth-order valence-electron chi connectivity index (χ4n) is 3.14. The Morgan fingerprint density at radius 1 is 1.33 bits per heavy atom. The van der Waals surface area contributed by atoms with Crippen LogP contribution in [0.3, 0.4) is 0 Å². The van der Waals surface area contributed by atoms with E-state index < -0.39 is 0 Å². The van der Waals surface area contributed by atoms with Crippen LogP contribution >= 0.6 is 11.6 Å². The third-order valence-electron chi connectivity index (χ3n) is 4.74. The molecule has 2 fully saturated rings. The van der Waals surface area contributed by atoms with Crippen molar-refractivity contribution < 1.29 is 4.74 Å². The molecule has 1 saturated carbocycles. The van der Waals surface area contributed by atoms with Crippen molar-refractivity contribution in [3.63, 3.8) is 0 Å². The Hall–Kier alpha value is -0.770. The summed E-state index contributed by atoms with van der Waals surface area (Å²) in [6.45, 7) is 5.16. The van der Waals surface area contributed by atoms with Crippen LogP contribution in [0.5, 0.6) is 0 Å². The standard InChI is InChI=1S/C17H25ClN2O/c1-12-8-9-20(11-16(12)21-2)17-13(4-3-5-15(17)18)10-19-14-6-7-14/h3-5,12,14,16,19H,6-11H2,1-2H3. The Balaban J connectivity index is 1.78. The number of piperidine rings is 1. The average Bonchev–Trinajstić information content (AvgIpc) is 3.30. The van der Waals surface area contributed by atoms with Crippen molar-refractivity contribution in [2.45, 2.75) is 44.9 Å². The average molecular weight is 309 g/mol. The van der Waals surface area contributed by atoms with Crippen molar-refractivity contribution in [3.8, 4) is 0 Å². The molecule has 2 aliphatic rings. The fraction of sp³-hybridized carbons (Fsp3) is 0.647. The first-order chi connectivity index (χ1) is 10.2. The molecular formula is C17H25ClN2O. The fourth-order valence-corrected chi connectivity index (χ4v) is 3.46. The highest BCUT2D eigenvalue weighted by atomic mass is 35.5. The summed E-state index contributed by atoms with van der Waals surface area (Å²) in [6, 6.07) is 6.95. The first kappa shape index (κ1) is 15.1. The highest BCUT2D eigenvalue weighted by molar-refractivity contribution is 6.33. The van der Waals surface area contributed by atoms with E-state index in [0.717, 1.165) is 31.1 Å². The molecule has 1 heterocycles. The van der Waals surface area contributed by atoms with Gasteiger partial charge in [-0.05, 0) is 36.8 Å². The zero-order chi connectivity index (χ0) is 14.8. The van der Waals surface area contributed by atoms with Crippen molar-refractivity contribution in [3.05, 3.63) is 28.8 Å². The Morgan fingerprint density at radius 3 is 2.86 bits per heavy atom. The van der Waals surface area contributed by atoms with Gasteiger partial charge in [0.15, 0.2) is 0 Å². The van der Waals surface area contributed by atoms with Gasteiger partial charge in [0.25, 0.3) is 0 Å². The molecule has 0 amide bonds. The van der Waals surface area contributed by atoms with Crippen LogP contribution in [0.15, 0.2) is 18.2 Å². The molecule has 3 rings (SSSR count). The number of para-hydroxylation sites is 1. The molecule has 2 atom stereocenters. The van der Waals surface area contributed by atoms with Gasteiger partial charge in [-0.3, -0.25) is 0 Å². The number of halogens is 1. The molecule has 3 nitrogen and oxygen atoms in total. The smallest absolute Gasteiger partial charge is 0.0772 e. The molecule has 1 aliphatic carbocycles. The zero-order valence-corrected chi connectivity index (χ0v) is 13.7. The van der Waals surface area contributed by atoms with Gasteiger partial charge in [-0.25, -0.2) is 0 Å². The van der Waals surface area contributed by atoms with Crippen molar-refractivity contribution in [2.75, 3.05) is 25.1 Å². The minimum Gasteiger partial charge on any atom is -0.379 e. The van der Waals surface area contributed by atoms with E-state index in [4.69, 9.17) is 16.3 Å². The SMILES string of the molecule is COC1CN(c2c(Cl)cccc2CNC2CC2)CCC1C. The predicted molar refractivity (Wildman–Crippen MR) is 88.1 cm³/mol. The molecule has 0 radical (unpaired) electrons. The Kier molecular flexibility index (Phi) is 4.72. The minimum absolute atomic E-state index is 0.291. The van der Waals surface area contributed by atoms with Gasteiger partial charge in [0.2, 0.25) is 0 Å². The number of ether oxygens (including phenoxy) is 1. The molecule has 1 saturated heterocycles. The van der Waals surface area contributed by atoms with E-state index in [1.54, 1.807) is 0 Å². The maximum absolute atomic E-state index is 6.51. The summed E-state index contributed by atoms with van der Waals surface area (Å²) >= 11 is 6.51. The summed E-state index contributed by atoms with van der Waals surface area (Å²) in [4.78, 5) is 2.40. The van der Waals surface area contributed by atoms with Crippen LogP contribution in [0.2, 0.25) is 5.02 Å². The number of anilines is 1. The summed E-state index contributed by atoms with van der Waals surface area (Å²) in [5, 5.41) is 4.45. The lowest BCUT2D eigenvalue weighted by molar-refractivity contribution is 0.0498. The molecule has 116 valence electrons. The van der Waals surface area contributed by atoms with Gasteiger partial charge in [0, 0.05) is 32.8 Å². The molecule has 1 aliphatic heterocycles. The maximum atomic E-state index is 6.51. The molecule has 2 unspecified atom stereocenters. The highest BCUT2D eigenvalue weighted by Gasteiger charge is 2.28. The number of benzene rings is 1. The quantitative estimate of drug-likeness (QED) is 0.901. The molecule has 1 N–H and O–H groups in total. The van der Waals surface area contributed by atoms with Gasteiger partial charge < -0.3 is 15.0 Å². The number of nitrogens with one attached hydrogen (secondary N) is 1. The number of rotatable bonds is 5. The second kappa shape index (κ2) is 6.55. The van der Waals surface area contributed by atoms with E-state index in [1.165, 1.54) is 24.1 Å². The van der Waals surface area contributed by atoms with Gasteiger partial charge in [0.1, 0.15) is 0 Å². The summed E-state index contributed by atoms with van der Waals surface area (Å²) in [5.74, 6) is 0.613. The zero-order valence-electron chi connectivity index (χ0n) is 12.9. The minimum atomic E-state index is 0.291. The molecule has 21 heavy (non-hydrogen) atoms. The predicted octanol–water partition coefficient (Wildman–Crippen LogP) is 3.45. The van der Waals surface area contributed by atoms with Crippen LogP contribution in [0.25, 0.3) is 0 Å². The molecule has 4 heteroatoms. The number of methoxy groups -OCH3 is 1. The lowest BCUT2D eigenvalue weighted by atomic mass is 9.95.